The van der Waals surface area contributed by atoms with E-state index in [9.17, 15) is 14.4 Å². The number of fused-ring (bicyclic) bond motifs is 1. The van der Waals surface area contributed by atoms with Crippen molar-refractivity contribution >= 4 is 23.4 Å². The third-order valence-electron chi connectivity index (χ3n) is 4.41. The van der Waals surface area contributed by atoms with Crippen molar-refractivity contribution in [3.05, 3.63) is 41.8 Å². The molecule has 132 valence electrons. The van der Waals surface area contributed by atoms with Crippen LogP contribution in [0, 0.1) is 11.8 Å². The highest BCUT2D eigenvalue weighted by molar-refractivity contribution is 6.08. The standard InChI is InChI=1S/C18H19NO6/c1-23-17(21)14(18(22)24-2)13-12(11-7-4-3-5-8-11)16-19(15(13)20)9-6-10-25-16/h3-5,7-8,13-14H,6,9-10H2,1-2H3. The van der Waals surface area contributed by atoms with E-state index in [0.717, 1.165) is 5.56 Å². The van der Waals surface area contributed by atoms with Gasteiger partial charge in [-0.3, -0.25) is 19.3 Å². The monoisotopic (exact) mass is 345 g/mol. The Morgan fingerprint density at radius 2 is 1.80 bits per heavy atom. The molecule has 0 saturated carbocycles. The zero-order chi connectivity index (χ0) is 18.0. The van der Waals surface area contributed by atoms with E-state index in [0.29, 0.717) is 31.0 Å². The van der Waals surface area contributed by atoms with Gasteiger partial charge in [-0.25, -0.2) is 0 Å². The molecule has 0 aliphatic carbocycles. The van der Waals surface area contributed by atoms with Crippen molar-refractivity contribution in [1.29, 1.82) is 0 Å². The highest BCUT2D eigenvalue weighted by atomic mass is 16.5. The van der Waals surface area contributed by atoms with Gasteiger partial charge in [-0.05, 0) is 12.0 Å². The van der Waals surface area contributed by atoms with Crippen molar-refractivity contribution in [1.82, 2.24) is 4.90 Å². The van der Waals surface area contributed by atoms with Gasteiger partial charge in [0.05, 0.1) is 26.7 Å². The minimum Gasteiger partial charge on any atom is -0.478 e. The normalized spacial score (nSPS) is 19.6. The van der Waals surface area contributed by atoms with Crippen LogP contribution in [0.25, 0.3) is 5.57 Å². The summed E-state index contributed by atoms with van der Waals surface area (Å²) in [7, 11) is 2.35. The second-order valence-corrected chi connectivity index (χ2v) is 5.78. The number of amides is 1. The van der Waals surface area contributed by atoms with Gasteiger partial charge in [0.2, 0.25) is 11.8 Å². The Balaban J connectivity index is 2.15. The summed E-state index contributed by atoms with van der Waals surface area (Å²) in [6, 6.07) is 9.12. The molecule has 2 aliphatic rings. The molecule has 1 amide bonds. The maximum Gasteiger partial charge on any atom is 0.321 e. The smallest absolute Gasteiger partial charge is 0.321 e. The number of ether oxygens (including phenoxy) is 3. The molecule has 0 spiro atoms. The third-order valence-corrected chi connectivity index (χ3v) is 4.41. The van der Waals surface area contributed by atoms with Gasteiger partial charge in [-0.2, -0.15) is 0 Å². The van der Waals surface area contributed by atoms with Crippen LogP contribution < -0.4 is 0 Å². The van der Waals surface area contributed by atoms with E-state index in [2.05, 4.69) is 0 Å². The van der Waals surface area contributed by atoms with Gasteiger partial charge in [0.1, 0.15) is 0 Å². The highest BCUT2D eigenvalue weighted by Crippen LogP contribution is 2.43. The highest BCUT2D eigenvalue weighted by Gasteiger charge is 2.52. The molecule has 1 fully saturated rings. The largest absolute Gasteiger partial charge is 0.478 e. The summed E-state index contributed by atoms with van der Waals surface area (Å²) >= 11 is 0. The van der Waals surface area contributed by atoms with Gasteiger partial charge < -0.3 is 14.2 Å². The summed E-state index contributed by atoms with van der Waals surface area (Å²) in [5, 5.41) is 0. The second-order valence-electron chi connectivity index (χ2n) is 5.78. The first-order valence-corrected chi connectivity index (χ1v) is 7.99. The van der Waals surface area contributed by atoms with Gasteiger partial charge in [-0.1, -0.05) is 30.3 Å². The fourth-order valence-corrected chi connectivity index (χ4v) is 3.28. The summed E-state index contributed by atoms with van der Waals surface area (Å²) in [5.74, 6) is -3.97. The van der Waals surface area contributed by atoms with Crippen LogP contribution >= 0.6 is 0 Å². The van der Waals surface area contributed by atoms with Crippen LogP contribution in [0.15, 0.2) is 36.2 Å². The quantitative estimate of drug-likeness (QED) is 0.602. The van der Waals surface area contributed by atoms with Crippen LogP contribution in [-0.2, 0) is 28.6 Å². The van der Waals surface area contributed by atoms with Crippen molar-refractivity contribution in [3.8, 4) is 0 Å². The summed E-state index contributed by atoms with van der Waals surface area (Å²) in [4.78, 5) is 39.0. The number of carbonyl (C=O) groups is 3. The third kappa shape index (κ3) is 2.86. The number of hydrogen-bond acceptors (Lipinski definition) is 6. The Kier molecular flexibility index (Phi) is 4.74. The zero-order valence-corrected chi connectivity index (χ0v) is 14.1. The number of benzene rings is 1. The van der Waals surface area contributed by atoms with Crippen LogP contribution in [0.3, 0.4) is 0 Å². The van der Waals surface area contributed by atoms with Crippen molar-refractivity contribution in [3.63, 3.8) is 0 Å². The lowest BCUT2D eigenvalue weighted by Crippen LogP contribution is -2.41. The molecule has 0 bridgehead atoms. The van der Waals surface area contributed by atoms with Crippen molar-refractivity contribution in [2.75, 3.05) is 27.4 Å². The maximum absolute atomic E-state index is 13.0. The molecular formula is C18H19NO6. The van der Waals surface area contributed by atoms with Gasteiger partial charge in [0.15, 0.2) is 5.92 Å². The first-order chi connectivity index (χ1) is 12.1. The molecule has 2 heterocycles. The van der Waals surface area contributed by atoms with Gasteiger partial charge in [0.25, 0.3) is 0 Å². The summed E-state index contributed by atoms with van der Waals surface area (Å²) in [6.45, 7) is 0.958. The summed E-state index contributed by atoms with van der Waals surface area (Å²) in [6.07, 6.45) is 0.686. The number of rotatable bonds is 4. The first-order valence-electron chi connectivity index (χ1n) is 7.99. The Morgan fingerprint density at radius 1 is 1.16 bits per heavy atom. The van der Waals surface area contributed by atoms with E-state index < -0.39 is 23.8 Å². The maximum atomic E-state index is 13.0. The molecule has 25 heavy (non-hydrogen) atoms. The van der Waals surface area contributed by atoms with E-state index in [1.165, 1.54) is 19.1 Å². The lowest BCUT2D eigenvalue weighted by molar-refractivity contribution is -0.163. The average molecular weight is 345 g/mol. The Bertz CT molecular complexity index is 710. The average Bonchev–Trinajstić information content (AvgIpc) is 2.95. The molecular weight excluding hydrogens is 326 g/mol. The predicted molar refractivity (Wildman–Crippen MR) is 86.7 cm³/mol. The Hall–Kier alpha value is -2.83. The number of hydrogen-bond donors (Lipinski definition) is 0. The van der Waals surface area contributed by atoms with E-state index in [1.807, 2.05) is 30.3 Å². The molecule has 0 aromatic heterocycles. The topological polar surface area (TPSA) is 82.1 Å². The van der Waals surface area contributed by atoms with E-state index in [1.54, 1.807) is 0 Å². The number of carbonyl (C=O) groups excluding carboxylic acids is 3. The first kappa shape index (κ1) is 17.0. The van der Waals surface area contributed by atoms with Crippen molar-refractivity contribution in [2.24, 2.45) is 11.8 Å². The van der Waals surface area contributed by atoms with Gasteiger partial charge >= 0.3 is 11.9 Å². The lowest BCUT2D eigenvalue weighted by atomic mass is 9.83. The van der Waals surface area contributed by atoms with Crippen LogP contribution in [0.2, 0.25) is 0 Å². The van der Waals surface area contributed by atoms with E-state index in [-0.39, 0.29) is 5.91 Å². The lowest BCUT2D eigenvalue weighted by Gasteiger charge is -2.26. The molecule has 1 saturated heterocycles. The van der Waals surface area contributed by atoms with E-state index >= 15 is 0 Å². The van der Waals surface area contributed by atoms with Crippen LogP contribution in [0.5, 0.6) is 0 Å². The van der Waals surface area contributed by atoms with Gasteiger partial charge in [-0.15, -0.1) is 0 Å². The number of methoxy groups -OCH3 is 2. The van der Waals surface area contributed by atoms with Crippen LogP contribution in [0.1, 0.15) is 12.0 Å². The van der Waals surface area contributed by atoms with Crippen LogP contribution in [-0.4, -0.2) is 50.1 Å². The fourth-order valence-electron chi connectivity index (χ4n) is 3.28. The molecule has 1 unspecified atom stereocenters. The van der Waals surface area contributed by atoms with Crippen molar-refractivity contribution in [2.45, 2.75) is 6.42 Å². The Labute approximate surface area is 145 Å². The fraction of sp³-hybridized carbons (Fsp3) is 0.389. The van der Waals surface area contributed by atoms with Crippen LogP contribution in [0.4, 0.5) is 0 Å². The molecule has 0 radical (unpaired) electrons. The number of esters is 2. The minimum atomic E-state index is -1.38. The van der Waals surface area contributed by atoms with Gasteiger partial charge in [0, 0.05) is 12.1 Å². The van der Waals surface area contributed by atoms with E-state index in [4.69, 9.17) is 14.2 Å². The molecule has 7 nitrogen and oxygen atoms in total. The van der Waals surface area contributed by atoms with Crippen molar-refractivity contribution < 1.29 is 28.6 Å². The SMILES string of the molecule is COC(=O)C(C(=O)OC)C1C(=O)N2CCCOC2=C1c1ccccc1. The molecule has 3 rings (SSSR count). The summed E-state index contributed by atoms with van der Waals surface area (Å²) in [5.41, 5.74) is 1.24. The Morgan fingerprint density at radius 3 is 2.40 bits per heavy atom. The molecule has 7 heteroatoms. The summed E-state index contributed by atoms with van der Waals surface area (Å²) < 4.78 is 15.2. The molecule has 1 atom stereocenters. The molecule has 0 N–H and O–H groups in total. The molecule has 1 aromatic rings. The predicted octanol–water partition coefficient (Wildman–Crippen LogP) is 1.20. The molecule has 2 aliphatic heterocycles. The zero-order valence-electron chi connectivity index (χ0n) is 14.1. The number of nitrogens with zero attached hydrogens (tertiary/aromatic N) is 1. The second kappa shape index (κ2) is 6.96. The minimum absolute atomic E-state index is 0.352. The molecule has 1 aromatic carbocycles.